The van der Waals surface area contributed by atoms with Crippen molar-refractivity contribution in [3.8, 4) is 23.3 Å². The molecule has 0 unspecified atom stereocenters. The molecule has 0 bridgehead atoms. The van der Waals surface area contributed by atoms with Gasteiger partial charge in [-0.15, -0.1) is 0 Å². The molecule has 1 aliphatic rings. The minimum atomic E-state index is -0.889. The second-order valence-corrected chi connectivity index (χ2v) is 7.39. The first kappa shape index (κ1) is 23.3. The number of hydrogen-bond acceptors (Lipinski definition) is 7. The van der Waals surface area contributed by atoms with Crippen LogP contribution in [-0.2, 0) is 4.79 Å². The summed E-state index contributed by atoms with van der Waals surface area (Å²) in [5.41, 5.74) is 1.15. The van der Waals surface area contributed by atoms with Gasteiger partial charge >= 0.3 is 5.97 Å². The Labute approximate surface area is 201 Å². The van der Waals surface area contributed by atoms with E-state index in [2.05, 4.69) is 0 Å². The fourth-order valence-electron chi connectivity index (χ4n) is 3.62. The first-order chi connectivity index (χ1) is 17.0. The van der Waals surface area contributed by atoms with Crippen LogP contribution < -0.4 is 19.1 Å². The third-order valence-electron chi connectivity index (χ3n) is 5.22. The van der Waals surface area contributed by atoms with Gasteiger partial charge in [0.25, 0.3) is 11.8 Å². The van der Waals surface area contributed by atoms with Gasteiger partial charge in [-0.3, -0.25) is 9.59 Å². The fraction of sp³-hybridized carbons (Fsp3) is 0.111. The molecule has 35 heavy (non-hydrogen) atoms. The largest absolute Gasteiger partial charge is 0.493 e. The summed E-state index contributed by atoms with van der Waals surface area (Å²) in [6, 6.07) is 19.4. The number of nitrogens with zero attached hydrogens (tertiary/aromatic N) is 2. The van der Waals surface area contributed by atoms with Crippen LogP contribution in [0.5, 0.6) is 17.2 Å². The highest BCUT2D eigenvalue weighted by Crippen LogP contribution is 2.31. The summed E-state index contributed by atoms with van der Waals surface area (Å²) in [5.74, 6) is -0.736. The summed E-state index contributed by atoms with van der Waals surface area (Å²) in [6.07, 6.45) is 1.37. The zero-order valence-corrected chi connectivity index (χ0v) is 19.0. The van der Waals surface area contributed by atoms with Crippen LogP contribution in [0.15, 0.2) is 72.3 Å². The van der Waals surface area contributed by atoms with Crippen molar-refractivity contribution in [2.24, 2.45) is 0 Å². The van der Waals surface area contributed by atoms with Crippen molar-refractivity contribution in [2.75, 3.05) is 18.6 Å². The van der Waals surface area contributed by atoms with Crippen LogP contribution in [0, 0.1) is 11.3 Å². The van der Waals surface area contributed by atoms with Gasteiger partial charge < -0.3 is 14.2 Å². The molecule has 4 rings (SSSR count). The van der Waals surface area contributed by atoms with Crippen molar-refractivity contribution in [3.05, 3.63) is 89.0 Å². The maximum atomic E-state index is 12.7. The Morgan fingerprint density at radius 1 is 0.971 bits per heavy atom. The van der Waals surface area contributed by atoms with Crippen LogP contribution >= 0.6 is 0 Å². The van der Waals surface area contributed by atoms with Gasteiger partial charge in [0.05, 0.1) is 30.5 Å². The van der Waals surface area contributed by atoms with Crippen LogP contribution in [0.1, 0.15) is 33.2 Å². The summed E-state index contributed by atoms with van der Waals surface area (Å²) < 4.78 is 16.1. The Balaban J connectivity index is 1.56. The molecule has 2 amide bonds. The van der Waals surface area contributed by atoms with E-state index < -0.39 is 17.8 Å². The fourth-order valence-corrected chi connectivity index (χ4v) is 3.62. The number of rotatable bonds is 7. The number of imide groups is 1. The van der Waals surface area contributed by atoms with Gasteiger partial charge in [-0.25, -0.2) is 9.69 Å². The number of amides is 2. The average Bonchev–Trinajstić information content (AvgIpc) is 3.13. The van der Waals surface area contributed by atoms with Gasteiger partial charge in [-0.05, 0) is 55.0 Å². The van der Waals surface area contributed by atoms with E-state index in [-0.39, 0.29) is 17.0 Å². The molecule has 0 aliphatic carbocycles. The van der Waals surface area contributed by atoms with E-state index in [1.165, 1.54) is 25.3 Å². The topological polar surface area (TPSA) is 106 Å². The molecule has 3 aromatic rings. The molecular formula is C27H20N2O6. The smallest absolute Gasteiger partial charge is 0.354 e. The second kappa shape index (κ2) is 9.93. The Bertz CT molecular complexity index is 1370. The minimum absolute atomic E-state index is 0.0782. The quantitative estimate of drug-likeness (QED) is 0.166. The minimum Gasteiger partial charge on any atom is -0.493 e. The van der Waals surface area contributed by atoms with Crippen molar-refractivity contribution in [3.63, 3.8) is 0 Å². The molecule has 0 aromatic heterocycles. The second-order valence-electron chi connectivity index (χ2n) is 7.39. The number of nitriles is 1. The number of benzene rings is 3. The zero-order chi connectivity index (χ0) is 24.9. The van der Waals surface area contributed by atoms with E-state index in [0.717, 1.165) is 4.90 Å². The predicted molar refractivity (Wildman–Crippen MR) is 127 cm³/mol. The molecule has 3 aromatic carbocycles. The van der Waals surface area contributed by atoms with Crippen LogP contribution in [0.2, 0.25) is 0 Å². The Morgan fingerprint density at radius 2 is 1.69 bits per heavy atom. The summed E-state index contributed by atoms with van der Waals surface area (Å²) in [5, 5.41) is 9.53. The molecule has 8 nitrogen and oxygen atoms in total. The van der Waals surface area contributed by atoms with Crippen LogP contribution in [0.25, 0.3) is 6.08 Å². The van der Waals surface area contributed by atoms with E-state index in [1.807, 2.05) is 13.0 Å². The summed E-state index contributed by atoms with van der Waals surface area (Å²) >= 11 is 0. The van der Waals surface area contributed by atoms with Crippen molar-refractivity contribution in [1.82, 2.24) is 0 Å². The Hall–Kier alpha value is -4.90. The Kier molecular flexibility index (Phi) is 6.60. The zero-order valence-electron chi connectivity index (χ0n) is 19.0. The third-order valence-corrected chi connectivity index (χ3v) is 5.22. The normalized spacial score (nSPS) is 12.7. The maximum Gasteiger partial charge on any atom is 0.354 e. The number of ether oxygens (including phenoxy) is 3. The number of carbonyl (C=O) groups is 3. The van der Waals surface area contributed by atoms with Crippen molar-refractivity contribution < 1.29 is 28.6 Å². The number of esters is 1. The van der Waals surface area contributed by atoms with E-state index in [0.29, 0.717) is 34.8 Å². The lowest BCUT2D eigenvalue weighted by molar-refractivity contribution is -0.129. The standard InChI is InChI=1S/C27H20N2O6/c1-3-34-23-12-11-17(14-24(23)33-2)13-18(16-28)27(32)35-20-8-6-7-19(15-20)29-25(30)21-9-4-5-10-22(21)26(29)31/h4-15H,3H2,1-2H3/b18-13+. The lowest BCUT2D eigenvalue weighted by atomic mass is 10.1. The first-order valence-corrected chi connectivity index (χ1v) is 10.7. The van der Waals surface area contributed by atoms with Gasteiger partial charge in [0, 0.05) is 6.07 Å². The SMILES string of the molecule is CCOc1ccc(/C=C(\C#N)C(=O)Oc2cccc(N3C(=O)c4ccccc4C3=O)c2)cc1OC. The predicted octanol–water partition coefficient (Wildman–Crippen LogP) is 4.41. The van der Waals surface area contributed by atoms with Crippen molar-refractivity contribution in [1.29, 1.82) is 5.26 Å². The molecule has 0 atom stereocenters. The average molecular weight is 468 g/mol. The summed E-state index contributed by atoms with van der Waals surface area (Å²) in [4.78, 5) is 39.2. The highest BCUT2D eigenvalue weighted by molar-refractivity contribution is 6.34. The molecule has 1 aliphatic heterocycles. The van der Waals surface area contributed by atoms with Crippen molar-refractivity contribution in [2.45, 2.75) is 6.92 Å². The lowest BCUT2D eigenvalue weighted by Gasteiger charge is -2.15. The number of methoxy groups -OCH3 is 1. The maximum absolute atomic E-state index is 12.7. The van der Waals surface area contributed by atoms with Crippen molar-refractivity contribution >= 4 is 29.5 Å². The van der Waals surface area contributed by atoms with Crippen LogP contribution in [0.3, 0.4) is 0 Å². The van der Waals surface area contributed by atoms with Gasteiger partial charge in [0.2, 0.25) is 0 Å². The molecule has 0 saturated carbocycles. The molecule has 0 N–H and O–H groups in total. The molecule has 8 heteroatoms. The number of hydrogen-bond donors (Lipinski definition) is 0. The van der Waals surface area contributed by atoms with Gasteiger partial charge in [-0.2, -0.15) is 5.26 Å². The molecular weight excluding hydrogens is 448 g/mol. The van der Waals surface area contributed by atoms with Crippen LogP contribution in [-0.4, -0.2) is 31.5 Å². The van der Waals surface area contributed by atoms with Gasteiger partial charge in [0.15, 0.2) is 11.5 Å². The number of anilines is 1. The van der Waals surface area contributed by atoms with E-state index >= 15 is 0 Å². The van der Waals surface area contributed by atoms with Gasteiger partial charge in [0.1, 0.15) is 17.4 Å². The highest BCUT2D eigenvalue weighted by atomic mass is 16.5. The highest BCUT2D eigenvalue weighted by Gasteiger charge is 2.36. The Morgan fingerprint density at radius 3 is 2.31 bits per heavy atom. The van der Waals surface area contributed by atoms with E-state index in [1.54, 1.807) is 54.6 Å². The molecule has 0 saturated heterocycles. The molecule has 1 heterocycles. The van der Waals surface area contributed by atoms with E-state index in [4.69, 9.17) is 14.2 Å². The molecule has 0 spiro atoms. The number of carbonyl (C=O) groups excluding carboxylic acids is 3. The monoisotopic (exact) mass is 468 g/mol. The first-order valence-electron chi connectivity index (χ1n) is 10.7. The summed E-state index contributed by atoms with van der Waals surface area (Å²) in [6.45, 7) is 2.31. The molecule has 0 radical (unpaired) electrons. The third kappa shape index (κ3) is 4.61. The molecule has 174 valence electrons. The van der Waals surface area contributed by atoms with E-state index in [9.17, 15) is 19.6 Å². The molecule has 0 fully saturated rings. The van der Waals surface area contributed by atoms with Crippen LogP contribution in [0.4, 0.5) is 5.69 Å². The summed E-state index contributed by atoms with van der Waals surface area (Å²) in [7, 11) is 1.49. The number of fused-ring (bicyclic) bond motifs is 1. The lowest BCUT2D eigenvalue weighted by Crippen LogP contribution is -2.29. The van der Waals surface area contributed by atoms with Gasteiger partial charge in [-0.1, -0.05) is 24.3 Å².